The summed E-state index contributed by atoms with van der Waals surface area (Å²) in [7, 11) is 0. The molecule has 0 unspecified atom stereocenters. The first-order valence-electron chi connectivity index (χ1n) is 7.18. The molecule has 0 spiro atoms. The predicted octanol–water partition coefficient (Wildman–Crippen LogP) is 2.64. The van der Waals surface area contributed by atoms with E-state index in [4.69, 9.17) is 10.5 Å². The van der Waals surface area contributed by atoms with Gasteiger partial charge < -0.3 is 15.8 Å². The summed E-state index contributed by atoms with van der Waals surface area (Å²) in [4.78, 5) is 20.3. The molecule has 0 saturated heterocycles. The lowest BCUT2D eigenvalue weighted by Gasteiger charge is -2.08. The number of nitrogens with zero attached hydrogens (tertiary/aromatic N) is 2. The lowest BCUT2D eigenvalue weighted by molar-refractivity contribution is 0.139. The second-order valence-corrected chi connectivity index (χ2v) is 4.96. The Morgan fingerprint density at radius 1 is 1.04 bits per heavy atom. The van der Waals surface area contributed by atoms with E-state index in [1.807, 2.05) is 54.6 Å². The number of carbonyl (C=O) groups is 1. The lowest BCUT2D eigenvalue weighted by atomic mass is 10.2. The number of para-hydroxylation sites is 1. The molecular weight excluding hydrogens is 292 g/mol. The van der Waals surface area contributed by atoms with Gasteiger partial charge in [-0.15, -0.1) is 0 Å². The molecule has 0 aliphatic heterocycles. The smallest absolute Gasteiger partial charge is 0.407 e. The zero-order chi connectivity index (χ0) is 16.1. The highest BCUT2D eigenvalue weighted by atomic mass is 16.5. The molecule has 0 bridgehead atoms. The second kappa shape index (κ2) is 6.74. The highest BCUT2D eigenvalue weighted by Gasteiger charge is 2.07. The Morgan fingerprint density at radius 3 is 2.61 bits per heavy atom. The van der Waals surface area contributed by atoms with E-state index in [0.29, 0.717) is 11.6 Å². The third-order valence-corrected chi connectivity index (χ3v) is 3.28. The van der Waals surface area contributed by atoms with Crippen molar-refractivity contribution in [2.24, 2.45) is 0 Å². The first-order valence-corrected chi connectivity index (χ1v) is 7.18. The first kappa shape index (κ1) is 14.8. The Kier molecular flexibility index (Phi) is 4.33. The van der Waals surface area contributed by atoms with Crippen molar-refractivity contribution in [1.29, 1.82) is 0 Å². The average molecular weight is 308 g/mol. The molecule has 2 aromatic carbocycles. The fourth-order valence-corrected chi connectivity index (χ4v) is 2.16. The van der Waals surface area contributed by atoms with Crippen LogP contribution in [-0.4, -0.2) is 16.1 Å². The Bertz CT molecular complexity index is 821. The quantitative estimate of drug-likeness (QED) is 0.773. The van der Waals surface area contributed by atoms with Gasteiger partial charge in [0.1, 0.15) is 12.4 Å². The normalized spacial score (nSPS) is 10.4. The molecule has 23 heavy (non-hydrogen) atoms. The van der Waals surface area contributed by atoms with E-state index in [1.165, 1.54) is 0 Å². The fraction of sp³-hybridized carbons (Fsp3) is 0.118. The van der Waals surface area contributed by atoms with E-state index in [0.717, 1.165) is 16.5 Å². The van der Waals surface area contributed by atoms with Gasteiger partial charge in [-0.25, -0.2) is 14.8 Å². The van der Waals surface area contributed by atoms with Gasteiger partial charge in [0.15, 0.2) is 5.82 Å². The van der Waals surface area contributed by atoms with Crippen LogP contribution in [0.2, 0.25) is 0 Å². The summed E-state index contributed by atoms with van der Waals surface area (Å²) in [6.07, 6.45) is -0.524. The van der Waals surface area contributed by atoms with Gasteiger partial charge in [0.05, 0.1) is 12.1 Å². The van der Waals surface area contributed by atoms with Crippen LogP contribution >= 0.6 is 0 Å². The number of carbonyl (C=O) groups excluding carboxylic acids is 1. The van der Waals surface area contributed by atoms with Crippen LogP contribution in [0.4, 0.5) is 10.6 Å². The molecule has 6 heteroatoms. The molecular formula is C17H16N4O2. The van der Waals surface area contributed by atoms with Crippen LogP contribution < -0.4 is 11.1 Å². The number of aromatic nitrogens is 2. The molecule has 6 nitrogen and oxygen atoms in total. The standard InChI is InChI=1S/C17H16N4O2/c18-16-13-8-4-5-9-14(13)20-15(21-16)10-19-17(22)23-11-12-6-2-1-3-7-12/h1-9H,10-11H2,(H,19,22)(H2,18,20,21). The van der Waals surface area contributed by atoms with E-state index >= 15 is 0 Å². The molecule has 3 N–H and O–H groups in total. The molecule has 0 radical (unpaired) electrons. The molecule has 0 aliphatic rings. The summed E-state index contributed by atoms with van der Waals surface area (Å²) in [5, 5.41) is 3.41. The van der Waals surface area contributed by atoms with Crippen molar-refractivity contribution < 1.29 is 9.53 Å². The zero-order valence-electron chi connectivity index (χ0n) is 12.4. The summed E-state index contributed by atoms with van der Waals surface area (Å²) in [6, 6.07) is 16.9. The number of ether oxygens (including phenoxy) is 1. The maximum atomic E-state index is 11.7. The highest BCUT2D eigenvalue weighted by molar-refractivity contribution is 5.87. The highest BCUT2D eigenvalue weighted by Crippen LogP contribution is 2.16. The average Bonchev–Trinajstić information content (AvgIpc) is 2.59. The third kappa shape index (κ3) is 3.74. The molecule has 1 aromatic heterocycles. The minimum absolute atomic E-state index is 0.155. The number of benzene rings is 2. The minimum Gasteiger partial charge on any atom is -0.445 e. The molecule has 0 atom stereocenters. The summed E-state index contributed by atoms with van der Waals surface area (Å²) in [6.45, 7) is 0.371. The van der Waals surface area contributed by atoms with Crippen LogP contribution in [0.3, 0.4) is 0 Å². The number of rotatable bonds is 4. The van der Waals surface area contributed by atoms with Gasteiger partial charge in [0.2, 0.25) is 0 Å². The Hall–Kier alpha value is -3.15. The van der Waals surface area contributed by atoms with Crippen molar-refractivity contribution in [1.82, 2.24) is 15.3 Å². The molecule has 116 valence electrons. The van der Waals surface area contributed by atoms with Crippen LogP contribution in [-0.2, 0) is 17.9 Å². The van der Waals surface area contributed by atoms with Crippen LogP contribution in [0.15, 0.2) is 54.6 Å². The van der Waals surface area contributed by atoms with Gasteiger partial charge in [-0.1, -0.05) is 42.5 Å². The number of amides is 1. The van der Waals surface area contributed by atoms with Crippen molar-refractivity contribution in [2.75, 3.05) is 5.73 Å². The molecule has 0 fully saturated rings. The van der Waals surface area contributed by atoms with Gasteiger partial charge in [-0.2, -0.15) is 0 Å². The van der Waals surface area contributed by atoms with Crippen LogP contribution in [0, 0.1) is 0 Å². The van der Waals surface area contributed by atoms with E-state index in [1.54, 1.807) is 0 Å². The summed E-state index contributed by atoms with van der Waals surface area (Å²) >= 11 is 0. The Labute approximate surface area is 133 Å². The topological polar surface area (TPSA) is 90.1 Å². The van der Waals surface area contributed by atoms with Crippen LogP contribution in [0.1, 0.15) is 11.4 Å². The van der Waals surface area contributed by atoms with E-state index < -0.39 is 6.09 Å². The number of fused-ring (bicyclic) bond motifs is 1. The number of nitrogens with one attached hydrogen (secondary N) is 1. The van der Waals surface area contributed by atoms with Crippen molar-refractivity contribution in [3.63, 3.8) is 0 Å². The molecule has 0 saturated carbocycles. The monoisotopic (exact) mass is 308 g/mol. The number of nitrogen functional groups attached to an aromatic ring is 1. The van der Waals surface area contributed by atoms with Gasteiger partial charge in [-0.3, -0.25) is 0 Å². The van der Waals surface area contributed by atoms with E-state index in [-0.39, 0.29) is 13.2 Å². The second-order valence-electron chi connectivity index (χ2n) is 4.96. The first-order chi connectivity index (χ1) is 11.2. The van der Waals surface area contributed by atoms with Gasteiger partial charge in [-0.05, 0) is 17.7 Å². The van der Waals surface area contributed by atoms with E-state index in [9.17, 15) is 4.79 Å². The van der Waals surface area contributed by atoms with Crippen LogP contribution in [0.5, 0.6) is 0 Å². The molecule has 1 heterocycles. The lowest BCUT2D eigenvalue weighted by Crippen LogP contribution is -2.24. The van der Waals surface area contributed by atoms with Crippen molar-refractivity contribution in [3.8, 4) is 0 Å². The maximum absolute atomic E-state index is 11.7. The molecule has 3 aromatic rings. The maximum Gasteiger partial charge on any atom is 0.407 e. The summed E-state index contributed by atoms with van der Waals surface area (Å²) in [5.41, 5.74) is 7.57. The Morgan fingerprint density at radius 2 is 1.78 bits per heavy atom. The van der Waals surface area contributed by atoms with Crippen LogP contribution in [0.25, 0.3) is 10.9 Å². The summed E-state index contributed by atoms with van der Waals surface area (Å²) in [5.74, 6) is 0.836. The number of anilines is 1. The van der Waals surface area contributed by atoms with Gasteiger partial charge >= 0.3 is 6.09 Å². The predicted molar refractivity (Wildman–Crippen MR) is 87.4 cm³/mol. The van der Waals surface area contributed by atoms with Gasteiger partial charge in [0.25, 0.3) is 0 Å². The fourth-order valence-electron chi connectivity index (χ4n) is 2.16. The molecule has 0 aliphatic carbocycles. The largest absolute Gasteiger partial charge is 0.445 e. The zero-order valence-corrected chi connectivity index (χ0v) is 12.4. The number of hydrogen-bond donors (Lipinski definition) is 2. The minimum atomic E-state index is -0.524. The van der Waals surface area contributed by atoms with Crippen molar-refractivity contribution in [3.05, 3.63) is 66.0 Å². The SMILES string of the molecule is Nc1nc(CNC(=O)OCc2ccccc2)nc2ccccc12. The number of hydrogen-bond acceptors (Lipinski definition) is 5. The summed E-state index contributed by atoms with van der Waals surface area (Å²) < 4.78 is 5.13. The van der Waals surface area contributed by atoms with Crippen molar-refractivity contribution >= 4 is 22.8 Å². The van der Waals surface area contributed by atoms with Gasteiger partial charge in [0, 0.05) is 5.39 Å². The third-order valence-electron chi connectivity index (χ3n) is 3.28. The van der Waals surface area contributed by atoms with E-state index in [2.05, 4.69) is 15.3 Å². The number of nitrogens with two attached hydrogens (primary N) is 1. The number of alkyl carbamates (subject to hydrolysis) is 1. The van der Waals surface area contributed by atoms with Crippen molar-refractivity contribution in [2.45, 2.75) is 13.2 Å². The Balaban J connectivity index is 1.58. The molecule has 1 amide bonds. The molecule has 3 rings (SSSR count).